The number of benzene rings is 1. The molecule has 2 aromatic rings. The Bertz CT molecular complexity index is 588. The lowest BCUT2D eigenvalue weighted by atomic mass is 10.3. The van der Waals surface area contributed by atoms with Crippen molar-refractivity contribution >= 4 is 27.6 Å². The highest BCUT2D eigenvalue weighted by atomic mass is 79.9. The summed E-state index contributed by atoms with van der Waals surface area (Å²) in [4.78, 5) is 4.28. The van der Waals surface area contributed by atoms with Crippen LogP contribution < -0.4 is 10.1 Å². The fourth-order valence-corrected chi connectivity index (χ4v) is 1.68. The molecule has 0 aliphatic heterocycles. The lowest BCUT2D eigenvalue weighted by Crippen LogP contribution is -2.08. The average molecular weight is 322 g/mol. The fraction of sp³-hybridized carbons (Fsp3) is 0.0769. The van der Waals surface area contributed by atoms with Crippen LogP contribution in [0.2, 0.25) is 0 Å². The van der Waals surface area contributed by atoms with Crippen LogP contribution in [0.3, 0.4) is 0 Å². The van der Waals surface area contributed by atoms with E-state index in [1.165, 1.54) is 0 Å². The van der Waals surface area contributed by atoms with E-state index in [-0.39, 0.29) is 0 Å². The monoisotopic (exact) mass is 321 g/mol. The summed E-state index contributed by atoms with van der Waals surface area (Å²) in [7, 11) is 0. The van der Waals surface area contributed by atoms with E-state index in [1.54, 1.807) is 19.1 Å². The van der Waals surface area contributed by atoms with E-state index in [0.29, 0.717) is 23.3 Å². The summed E-state index contributed by atoms with van der Waals surface area (Å²) in [6, 6.07) is 12.9. The Morgan fingerprint density at radius 1 is 1.26 bits per heavy atom. The van der Waals surface area contributed by atoms with Gasteiger partial charge in [0.25, 0.3) is 0 Å². The number of pyridine rings is 1. The van der Waals surface area contributed by atoms with Crippen molar-refractivity contribution in [1.29, 1.82) is 0 Å². The van der Waals surface area contributed by atoms with Gasteiger partial charge in [0.1, 0.15) is 17.4 Å². The third-order valence-electron chi connectivity index (χ3n) is 2.23. The molecule has 0 saturated carbocycles. The Kier molecular flexibility index (Phi) is 4.35. The molecule has 0 saturated heterocycles. The highest BCUT2D eigenvalue weighted by Crippen LogP contribution is 2.28. The number of halogens is 1. The lowest BCUT2D eigenvalue weighted by Gasteiger charge is -2.09. The quantitative estimate of drug-likeness (QED) is 0.390. The molecule has 0 aliphatic rings. The van der Waals surface area contributed by atoms with Gasteiger partial charge in [-0.15, -0.1) is 0 Å². The summed E-state index contributed by atoms with van der Waals surface area (Å²) in [5.41, 5.74) is 0. The van der Waals surface area contributed by atoms with Gasteiger partial charge < -0.3 is 15.3 Å². The second-order valence-electron chi connectivity index (χ2n) is 3.71. The Balaban J connectivity index is 2.22. The van der Waals surface area contributed by atoms with Gasteiger partial charge in [-0.2, -0.15) is 4.98 Å². The molecule has 1 heterocycles. The van der Waals surface area contributed by atoms with Gasteiger partial charge in [-0.1, -0.05) is 23.4 Å². The molecule has 2 rings (SSSR count). The maximum absolute atomic E-state index is 8.61. The zero-order valence-corrected chi connectivity index (χ0v) is 11.8. The maximum atomic E-state index is 8.61. The van der Waals surface area contributed by atoms with Gasteiger partial charge in [-0.3, -0.25) is 0 Å². The summed E-state index contributed by atoms with van der Waals surface area (Å²) < 4.78 is 6.40. The van der Waals surface area contributed by atoms with Crippen molar-refractivity contribution in [3.05, 3.63) is 46.9 Å². The SMILES string of the molecule is C/C(=N\O)Nc1ccc(Br)c(Oc2ccccc2)n1. The number of nitrogens with zero attached hydrogens (tertiary/aromatic N) is 2. The smallest absolute Gasteiger partial charge is 0.235 e. The van der Waals surface area contributed by atoms with Crippen molar-refractivity contribution in [3.63, 3.8) is 0 Å². The first-order valence-corrected chi connectivity index (χ1v) is 6.33. The topological polar surface area (TPSA) is 66.7 Å². The van der Waals surface area contributed by atoms with Crippen LogP contribution in [0.5, 0.6) is 11.6 Å². The van der Waals surface area contributed by atoms with E-state index in [9.17, 15) is 0 Å². The Morgan fingerprint density at radius 3 is 2.68 bits per heavy atom. The van der Waals surface area contributed by atoms with Crippen LogP contribution >= 0.6 is 15.9 Å². The minimum absolute atomic E-state index is 0.348. The number of para-hydroxylation sites is 1. The second kappa shape index (κ2) is 6.19. The molecular weight excluding hydrogens is 310 g/mol. The van der Waals surface area contributed by atoms with Gasteiger partial charge in [0, 0.05) is 0 Å². The number of nitrogens with one attached hydrogen (secondary N) is 1. The standard InChI is InChI=1S/C13H12BrN3O2/c1-9(17-18)15-12-8-7-11(14)13(16-12)19-10-5-3-2-4-6-10/h2-8,18H,1H3,(H,15,16,17). The van der Waals surface area contributed by atoms with Crippen LogP contribution in [0.25, 0.3) is 0 Å². The zero-order chi connectivity index (χ0) is 13.7. The first-order valence-electron chi connectivity index (χ1n) is 5.54. The van der Waals surface area contributed by atoms with E-state index in [2.05, 4.69) is 31.4 Å². The molecule has 1 aromatic carbocycles. The number of amidine groups is 1. The van der Waals surface area contributed by atoms with E-state index in [1.807, 2.05) is 30.3 Å². The van der Waals surface area contributed by atoms with Crippen molar-refractivity contribution in [3.8, 4) is 11.6 Å². The second-order valence-corrected chi connectivity index (χ2v) is 4.56. The third kappa shape index (κ3) is 3.69. The number of hydrogen-bond donors (Lipinski definition) is 2. The van der Waals surface area contributed by atoms with Crippen LogP contribution in [0.1, 0.15) is 6.92 Å². The van der Waals surface area contributed by atoms with Crippen LogP contribution in [-0.4, -0.2) is 16.0 Å². The predicted octanol–water partition coefficient (Wildman–Crippen LogP) is 3.86. The highest BCUT2D eigenvalue weighted by Gasteiger charge is 2.06. The molecule has 0 aliphatic carbocycles. The lowest BCUT2D eigenvalue weighted by molar-refractivity contribution is 0.318. The maximum Gasteiger partial charge on any atom is 0.235 e. The zero-order valence-electron chi connectivity index (χ0n) is 10.2. The third-order valence-corrected chi connectivity index (χ3v) is 2.83. The Morgan fingerprint density at radius 2 is 2.00 bits per heavy atom. The van der Waals surface area contributed by atoms with Gasteiger partial charge in [-0.25, -0.2) is 0 Å². The number of anilines is 1. The van der Waals surface area contributed by atoms with Crippen molar-refractivity contribution in [1.82, 2.24) is 4.98 Å². The van der Waals surface area contributed by atoms with Gasteiger partial charge in [0.05, 0.1) is 4.47 Å². The van der Waals surface area contributed by atoms with Gasteiger partial charge >= 0.3 is 0 Å². The largest absolute Gasteiger partial charge is 0.438 e. The molecule has 0 bridgehead atoms. The molecule has 0 atom stereocenters. The molecule has 98 valence electrons. The molecule has 5 nitrogen and oxygen atoms in total. The Labute approximate surface area is 119 Å². The number of ether oxygens (including phenoxy) is 1. The first-order chi connectivity index (χ1) is 9.19. The molecule has 6 heteroatoms. The van der Waals surface area contributed by atoms with E-state index < -0.39 is 0 Å². The number of hydrogen-bond acceptors (Lipinski definition) is 4. The van der Waals surface area contributed by atoms with Crippen LogP contribution in [0.15, 0.2) is 52.1 Å². The molecule has 1 aromatic heterocycles. The molecule has 19 heavy (non-hydrogen) atoms. The minimum atomic E-state index is 0.348. The average Bonchev–Trinajstić information content (AvgIpc) is 2.43. The van der Waals surface area contributed by atoms with Gasteiger partial charge in [0.15, 0.2) is 0 Å². The molecule has 0 radical (unpaired) electrons. The molecular formula is C13H12BrN3O2. The number of oxime groups is 1. The van der Waals surface area contributed by atoms with Gasteiger partial charge in [0.2, 0.25) is 5.88 Å². The molecule has 0 unspecified atom stereocenters. The Hall–Kier alpha value is -2.08. The fourth-order valence-electron chi connectivity index (χ4n) is 1.38. The highest BCUT2D eigenvalue weighted by molar-refractivity contribution is 9.10. The normalized spacial score (nSPS) is 11.2. The van der Waals surface area contributed by atoms with Crippen molar-refractivity contribution in [2.45, 2.75) is 6.92 Å². The van der Waals surface area contributed by atoms with Crippen LogP contribution in [0, 0.1) is 0 Å². The van der Waals surface area contributed by atoms with Crippen LogP contribution in [-0.2, 0) is 0 Å². The van der Waals surface area contributed by atoms with Crippen LogP contribution in [0.4, 0.5) is 5.82 Å². The molecule has 0 amide bonds. The summed E-state index contributed by atoms with van der Waals surface area (Å²) in [6.07, 6.45) is 0. The molecule has 2 N–H and O–H groups in total. The summed E-state index contributed by atoms with van der Waals surface area (Å²) in [6.45, 7) is 1.63. The minimum Gasteiger partial charge on any atom is -0.438 e. The summed E-state index contributed by atoms with van der Waals surface area (Å²) >= 11 is 3.38. The van der Waals surface area contributed by atoms with E-state index >= 15 is 0 Å². The van der Waals surface area contributed by atoms with Gasteiger partial charge in [-0.05, 0) is 47.1 Å². The predicted molar refractivity (Wildman–Crippen MR) is 77.0 cm³/mol. The van der Waals surface area contributed by atoms with E-state index in [0.717, 1.165) is 4.47 Å². The number of aromatic nitrogens is 1. The summed E-state index contributed by atoms with van der Waals surface area (Å²) in [5.74, 6) is 2.01. The first kappa shape index (κ1) is 13.4. The number of rotatable bonds is 3. The molecule has 0 spiro atoms. The van der Waals surface area contributed by atoms with Crippen molar-refractivity contribution in [2.75, 3.05) is 5.32 Å². The molecule has 0 fully saturated rings. The summed E-state index contributed by atoms with van der Waals surface area (Å²) in [5, 5.41) is 14.5. The van der Waals surface area contributed by atoms with E-state index in [4.69, 9.17) is 9.94 Å². The van der Waals surface area contributed by atoms with Crippen molar-refractivity contribution < 1.29 is 9.94 Å². The van der Waals surface area contributed by atoms with Crippen molar-refractivity contribution in [2.24, 2.45) is 5.16 Å².